The SMILES string of the molecule is COc1cnccc1CN1C(=O)N(c2ccc(S(=O)(=O)C(F)(F)F)cc2)C(=O)C1(C)C. The molecule has 1 saturated heterocycles. The molecule has 1 fully saturated rings. The molecule has 0 saturated carbocycles. The summed E-state index contributed by atoms with van der Waals surface area (Å²) in [6.45, 7) is 3.08. The van der Waals surface area contributed by atoms with Crippen molar-refractivity contribution in [3.8, 4) is 5.75 Å². The minimum atomic E-state index is -5.54. The number of pyridine rings is 1. The number of anilines is 1. The maximum atomic E-state index is 13.1. The fourth-order valence-electron chi connectivity index (χ4n) is 3.13. The first-order chi connectivity index (χ1) is 14.3. The van der Waals surface area contributed by atoms with Gasteiger partial charge in [0.05, 0.1) is 30.4 Å². The third-order valence-corrected chi connectivity index (χ3v) is 6.45. The number of carbonyl (C=O) groups excluding carboxylic acids is 2. The Morgan fingerprint density at radius 3 is 2.26 bits per heavy atom. The van der Waals surface area contributed by atoms with E-state index in [-0.39, 0.29) is 12.2 Å². The summed E-state index contributed by atoms with van der Waals surface area (Å²) in [6, 6.07) is 4.31. The molecule has 2 aromatic rings. The number of sulfone groups is 1. The minimum Gasteiger partial charge on any atom is -0.495 e. The zero-order chi connectivity index (χ0) is 23.2. The average Bonchev–Trinajstić information content (AvgIpc) is 2.87. The third kappa shape index (κ3) is 3.71. The molecule has 31 heavy (non-hydrogen) atoms. The number of carbonyl (C=O) groups is 2. The van der Waals surface area contributed by atoms with Gasteiger partial charge < -0.3 is 9.64 Å². The van der Waals surface area contributed by atoms with Crippen LogP contribution in [-0.4, -0.2) is 48.4 Å². The van der Waals surface area contributed by atoms with E-state index in [1.54, 1.807) is 6.07 Å². The van der Waals surface area contributed by atoms with Crippen LogP contribution in [-0.2, 0) is 21.2 Å². The molecule has 0 spiro atoms. The number of imide groups is 1. The number of rotatable bonds is 5. The summed E-state index contributed by atoms with van der Waals surface area (Å²) in [5, 5.41) is 0. The normalized spacial score (nSPS) is 16.7. The lowest BCUT2D eigenvalue weighted by Gasteiger charge is -2.28. The lowest BCUT2D eigenvalue weighted by Crippen LogP contribution is -2.43. The van der Waals surface area contributed by atoms with E-state index in [9.17, 15) is 31.2 Å². The van der Waals surface area contributed by atoms with E-state index in [2.05, 4.69) is 4.98 Å². The predicted octanol–water partition coefficient (Wildman–Crippen LogP) is 3.13. The van der Waals surface area contributed by atoms with Crippen LogP contribution in [0.5, 0.6) is 5.75 Å². The lowest BCUT2D eigenvalue weighted by atomic mass is 10.0. The Balaban J connectivity index is 1.95. The predicted molar refractivity (Wildman–Crippen MR) is 103 cm³/mol. The Hall–Kier alpha value is -3.15. The molecule has 1 aromatic carbocycles. The summed E-state index contributed by atoms with van der Waals surface area (Å²) in [5.74, 6) is -0.198. The summed E-state index contributed by atoms with van der Waals surface area (Å²) in [5.41, 5.74) is -6.19. The van der Waals surface area contributed by atoms with Crippen molar-refractivity contribution in [1.29, 1.82) is 0 Å². The maximum Gasteiger partial charge on any atom is 0.501 e. The fourth-order valence-corrected chi connectivity index (χ4v) is 3.89. The van der Waals surface area contributed by atoms with Gasteiger partial charge in [-0.25, -0.2) is 18.1 Å². The lowest BCUT2D eigenvalue weighted by molar-refractivity contribution is -0.123. The van der Waals surface area contributed by atoms with Crippen molar-refractivity contribution in [3.05, 3.63) is 48.3 Å². The Labute approximate surface area is 176 Å². The van der Waals surface area contributed by atoms with Gasteiger partial charge in [0.25, 0.3) is 15.7 Å². The molecular formula is C19H18F3N3O5S. The molecule has 2 heterocycles. The number of aromatic nitrogens is 1. The molecule has 12 heteroatoms. The van der Waals surface area contributed by atoms with Gasteiger partial charge in [0.15, 0.2) is 0 Å². The summed E-state index contributed by atoms with van der Waals surface area (Å²) in [7, 11) is -4.11. The number of nitrogens with zero attached hydrogens (tertiary/aromatic N) is 3. The molecule has 1 aliphatic heterocycles. The molecule has 0 unspecified atom stereocenters. The molecular weight excluding hydrogens is 439 g/mol. The van der Waals surface area contributed by atoms with Crippen LogP contribution in [0.3, 0.4) is 0 Å². The van der Waals surface area contributed by atoms with Crippen LogP contribution in [0.4, 0.5) is 23.7 Å². The van der Waals surface area contributed by atoms with E-state index >= 15 is 0 Å². The number of urea groups is 1. The van der Waals surface area contributed by atoms with E-state index in [4.69, 9.17) is 4.74 Å². The number of methoxy groups -OCH3 is 1. The first-order valence-corrected chi connectivity index (χ1v) is 10.3. The molecule has 0 atom stereocenters. The quantitative estimate of drug-likeness (QED) is 0.640. The molecule has 8 nitrogen and oxygen atoms in total. The smallest absolute Gasteiger partial charge is 0.495 e. The maximum absolute atomic E-state index is 13.1. The van der Waals surface area contributed by atoms with Crippen molar-refractivity contribution in [2.45, 2.75) is 36.3 Å². The number of ether oxygens (including phenoxy) is 1. The van der Waals surface area contributed by atoms with Gasteiger partial charge >= 0.3 is 11.5 Å². The highest BCUT2D eigenvalue weighted by atomic mass is 32.2. The molecule has 3 amide bonds. The number of halogens is 3. The molecule has 166 valence electrons. The summed E-state index contributed by atoms with van der Waals surface area (Å²) in [4.78, 5) is 31.0. The molecule has 0 bridgehead atoms. The van der Waals surface area contributed by atoms with Gasteiger partial charge in [0.1, 0.15) is 11.3 Å². The van der Waals surface area contributed by atoms with E-state index < -0.39 is 37.7 Å². The van der Waals surface area contributed by atoms with E-state index in [1.807, 2.05) is 0 Å². The molecule has 0 N–H and O–H groups in total. The number of alkyl halides is 3. The Bertz CT molecular complexity index is 1130. The van der Waals surface area contributed by atoms with Gasteiger partial charge in [-0.3, -0.25) is 9.78 Å². The largest absolute Gasteiger partial charge is 0.501 e. The molecule has 0 aliphatic carbocycles. The molecule has 1 aliphatic rings. The van der Waals surface area contributed by atoms with Gasteiger partial charge in [-0.15, -0.1) is 0 Å². The van der Waals surface area contributed by atoms with Crippen LogP contribution in [0.2, 0.25) is 0 Å². The van der Waals surface area contributed by atoms with Gasteiger partial charge in [-0.1, -0.05) is 0 Å². The van der Waals surface area contributed by atoms with Crippen LogP contribution < -0.4 is 9.64 Å². The Kier molecular flexibility index (Phi) is 5.47. The second-order valence-electron chi connectivity index (χ2n) is 7.20. The number of hydrogen-bond acceptors (Lipinski definition) is 6. The van der Waals surface area contributed by atoms with Crippen LogP contribution >= 0.6 is 0 Å². The summed E-state index contributed by atoms with van der Waals surface area (Å²) in [6.07, 6.45) is 2.97. The third-order valence-electron chi connectivity index (χ3n) is 4.95. The summed E-state index contributed by atoms with van der Waals surface area (Å²) < 4.78 is 66.5. The Morgan fingerprint density at radius 1 is 1.10 bits per heavy atom. The fraction of sp³-hybridized carbons (Fsp3) is 0.316. The second-order valence-corrected chi connectivity index (χ2v) is 9.14. The minimum absolute atomic E-state index is 0.0142. The van der Waals surface area contributed by atoms with Crippen molar-refractivity contribution in [1.82, 2.24) is 9.88 Å². The highest BCUT2D eigenvalue weighted by molar-refractivity contribution is 7.92. The van der Waals surface area contributed by atoms with Gasteiger partial charge in [0, 0.05) is 11.8 Å². The average molecular weight is 457 g/mol. The van der Waals surface area contributed by atoms with Crippen molar-refractivity contribution < 1.29 is 35.9 Å². The zero-order valence-corrected chi connectivity index (χ0v) is 17.5. The number of benzene rings is 1. The standard InChI is InChI=1S/C19H18F3N3O5S/c1-18(2)16(26)25(13-4-6-14(7-5-13)31(28,29)19(20,21)22)17(27)24(18)11-12-8-9-23-10-15(12)30-3/h4-10H,11H2,1-3H3. The van der Waals surface area contributed by atoms with E-state index in [0.29, 0.717) is 23.4 Å². The van der Waals surface area contributed by atoms with Gasteiger partial charge in [-0.2, -0.15) is 13.2 Å². The molecule has 1 aromatic heterocycles. The van der Waals surface area contributed by atoms with Crippen LogP contribution in [0, 0.1) is 0 Å². The first kappa shape index (κ1) is 22.5. The van der Waals surface area contributed by atoms with Crippen LogP contribution in [0.1, 0.15) is 19.4 Å². The van der Waals surface area contributed by atoms with Crippen molar-refractivity contribution >= 4 is 27.5 Å². The molecule has 0 radical (unpaired) electrons. The highest BCUT2D eigenvalue weighted by Gasteiger charge is 2.52. The van der Waals surface area contributed by atoms with Gasteiger partial charge in [-0.05, 0) is 44.2 Å². The van der Waals surface area contributed by atoms with Crippen molar-refractivity contribution in [3.63, 3.8) is 0 Å². The van der Waals surface area contributed by atoms with Crippen LogP contribution in [0.15, 0.2) is 47.6 Å². The topological polar surface area (TPSA) is 96.9 Å². The number of hydrogen-bond donors (Lipinski definition) is 0. The van der Waals surface area contributed by atoms with Crippen molar-refractivity contribution in [2.24, 2.45) is 0 Å². The van der Waals surface area contributed by atoms with E-state index in [0.717, 1.165) is 17.0 Å². The monoisotopic (exact) mass is 457 g/mol. The van der Waals surface area contributed by atoms with E-state index in [1.165, 1.54) is 38.3 Å². The molecule has 3 rings (SSSR count). The van der Waals surface area contributed by atoms with Crippen LogP contribution in [0.25, 0.3) is 0 Å². The number of amides is 3. The van der Waals surface area contributed by atoms with Gasteiger partial charge in [0.2, 0.25) is 0 Å². The zero-order valence-electron chi connectivity index (χ0n) is 16.7. The Morgan fingerprint density at radius 2 is 1.71 bits per heavy atom. The first-order valence-electron chi connectivity index (χ1n) is 8.87. The summed E-state index contributed by atoms with van der Waals surface area (Å²) >= 11 is 0. The van der Waals surface area contributed by atoms with Crippen molar-refractivity contribution in [2.75, 3.05) is 12.0 Å². The second kappa shape index (κ2) is 7.52. The highest BCUT2D eigenvalue weighted by Crippen LogP contribution is 2.36.